The Kier molecular flexibility index (Phi) is 3.09. The topological polar surface area (TPSA) is 60.0 Å². The first kappa shape index (κ1) is 10.9. The van der Waals surface area contributed by atoms with Crippen molar-refractivity contribution in [1.82, 2.24) is 14.8 Å². The van der Waals surface area contributed by atoms with E-state index in [1.54, 1.807) is 15.9 Å². The predicted octanol–water partition coefficient (Wildman–Crippen LogP) is 1.14. The predicted molar refractivity (Wildman–Crippen MR) is 66.7 cm³/mol. The molecule has 2 N–H and O–H groups in total. The smallest absolute Gasteiger partial charge is 0.228 e. The maximum Gasteiger partial charge on any atom is 0.228 e. The number of aromatic nitrogens is 3. The molecule has 16 heavy (non-hydrogen) atoms. The van der Waals surface area contributed by atoms with Gasteiger partial charge in [0.2, 0.25) is 11.9 Å². The molecule has 6 heteroatoms. The van der Waals surface area contributed by atoms with E-state index in [1.165, 1.54) is 4.88 Å². The van der Waals surface area contributed by atoms with Gasteiger partial charge in [-0.15, -0.1) is 21.5 Å². The number of likely N-dealkylation sites (N-methyl/N-ethyl adjacent to an activating group) is 1. The van der Waals surface area contributed by atoms with Crippen LogP contribution in [0.5, 0.6) is 0 Å². The first-order valence-electron chi connectivity index (χ1n) is 5.07. The Hall–Kier alpha value is -1.56. The van der Waals surface area contributed by atoms with Crippen molar-refractivity contribution < 1.29 is 0 Å². The lowest BCUT2D eigenvalue weighted by molar-refractivity contribution is 0.799. The van der Waals surface area contributed by atoms with Gasteiger partial charge in [0, 0.05) is 25.5 Å². The second-order valence-corrected chi connectivity index (χ2v) is 4.70. The van der Waals surface area contributed by atoms with E-state index in [4.69, 9.17) is 5.73 Å². The van der Waals surface area contributed by atoms with Crippen LogP contribution in [0.4, 0.5) is 11.9 Å². The van der Waals surface area contributed by atoms with Crippen molar-refractivity contribution in [3.8, 4) is 0 Å². The average Bonchev–Trinajstić information content (AvgIpc) is 2.88. The first-order chi connectivity index (χ1) is 7.68. The third-order valence-electron chi connectivity index (χ3n) is 2.50. The van der Waals surface area contributed by atoms with Crippen LogP contribution in [0.25, 0.3) is 0 Å². The number of nitrogens with zero attached hydrogens (tertiary/aromatic N) is 4. The molecule has 0 aliphatic carbocycles. The third kappa shape index (κ3) is 2.16. The van der Waals surface area contributed by atoms with Crippen LogP contribution in [0.15, 0.2) is 17.5 Å². The number of hydrogen-bond acceptors (Lipinski definition) is 5. The van der Waals surface area contributed by atoms with E-state index in [2.05, 4.69) is 32.6 Å². The SMILES string of the molecule is CN(CCc1cccs1)c1nnc(N)n1C. The van der Waals surface area contributed by atoms with E-state index in [1.807, 2.05) is 14.1 Å². The molecular formula is C10H15N5S. The molecule has 5 nitrogen and oxygen atoms in total. The molecule has 2 aromatic heterocycles. The molecule has 0 aliphatic rings. The van der Waals surface area contributed by atoms with Gasteiger partial charge in [-0.05, 0) is 17.9 Å². The van der Waals surface area contributed by atoms with Crippen molar-refractivity contribution in [3.05, 3.63) is 22.4 Å². The van der Waals surface area contributed by atoms with Crippen LogP contribution in [-0.4, -0.2) is 28.4 Å². The summed E-state index contributed by atoms with van der Waals surface area (Å²) in [6.45, 7) is 0.909. The molecule has 86 valence electrons. The largest absolute Gasteiger partial charge is 0.368 e. The third-order valence-corrected chi connectivity index (χ3v) is 3.44. The van der Waals surface area contributed by atoms with E-state index < -0.39 is 0 Å². The van der Waals surface area contributed by atoms with Gasteiger partial charge in [0.15, 0.2) is 0 Å². The Morgan fingerprint density at radius 1 is 1.50 bits per heavy atom. The molecule has 2 heterocycles. The van der Waals surface area contributed by atoms with Crippen LogP contribution in [0.3, 0.4) is 0 Å². The zero-order valence-electron chi connectivity index (χ0n) is 9.42. The summed E-state index contributed by atoms with van der Waals surface area (Å²) in [6.07, 6.45) is 1.01. The summed E-state index contributed by atoms with van der Waals surface area (Å²) in [5, 5.41) is 9.96. The van der Waals surface area contributed by atoms with Crippen LogP contribution in [-0.2, 0) is 13.5 Å². The summed E-state index contributed by atoms with van der Waals surface area (Å²) < 4.78 is 1.79. The molecule has 0 unspecified atom stereocenters. The fraction of sp³-hybridized carbons (Fsp3) is 0.400. The molecule has 0 radical (unpaired) electrons. The van der Waals surface area contributed by atoms with Gasteiger partial charge in [-0.25, -0.2) is 0 Å². The summed E-state index contributed by atoms with van der Waals surface area (Å²) >= 11 is 1.78. The van der Waals surface area contributed by atoms with Crippen LogP contribution in [0, 0.1) is 0 Å². The van der Waals surface area contributed by atoms with Gasteiger partial charge < -0.3 is 10.6 Å². The molecular weight excluding hydrogens is 222 g/mol. The number of nitrogens with two attached hydrogens (primary N) is 1. The van der Waals surface area contributed by atoms with Crippen molar-refractivity contribution in [3.63, 3.8) is 0 Å². The highest BCUT2D eigenvalue weighted by Gasteiger charge is 2.10. The highest BCUT2D eigenvalue weighted by Crippen LogP contribution is 2.13. The number of anilines is 2. The lowest BCUT2D eigenvalue weighted by atomic mass is 10.3. The summed E-state index contributed by atoms with van der Waals surface area (Å²) in [6, 6.07) is 4.21. The van der Waals surface area contributed by atoms with Gasteiger partial charge in [-0.3, -0.25) is 4.57 Å². The Bertz CT molecular complexity index is 448. The maximum absolute atomic E-state index is 5.63. The molecule has 0 saturated heterocycles. The molecule has 0 aliphatic heterocycles. The molecule has 0 bridgehead atoms. The zero-order valence-corrected chi connectivity index (χ0v) is 10.2. The lowest BCUT2D eigenvalue weighted by Gasteiger charge is -2.16. The quantitative estimate of drug-likeness (QED) is 0.866. The van der Waals surface area contributed by atoms with E-state index >= 15 is 0 Å². The maximum atomic E-state index is 5.63. The Morgan fingerprint density at radius 3 is 2.88 bits per heavy atom. The highest BCUT2D eigenvalue weighted by molar-refractivity contribution is 7.09. The standard InChI is InChI=1S/C10H15N5S/c1-14(6-5-8-4-3-7-16-8)10-13-12-9(11)15(10)2/h3-4,7H,5-6H2,1-2H3,(H2,11,12). The number of thiophene rings is 1. The van der Waals surface area contributed by atoms with Crippen molar-refractivity contribution >= 4 is 23.2 Å². The molecule has 0 fully saturated rings. The number of nitrogen functional groups attached to an aromatic ring is 1. The van der Waals surface area contributed by atoms with E-state index in [9.17, 15) is 0 Å². The lowest BCUT2D eigenvalue weighted by Crippen LogP contribution is -2.23. The number of hydrogen-bond donors (Lipinski definition) is 1. The van der Waals surface area contributed by atoms with E-state index in [0.717, 1.165) is 18.9 Å². The molecule has 0 aromatic carbocycles. The second-order valence-electron chi connectivity index (χ2n) is 3.67. The minimum absolute atomic E-state index is 0.443. The van der Waals surface area contributed by atoms with Gasteiger partial charge in [0.25, 0.3) is 0 Å². The average molecular weight is 237 g/mol. The molecule has 0 atom stereocenters. The van der Waals surface area contributed by atoms with Crippen LogP contribution >= 0.6 is 11.3 Å². The minimum atomic E-state index is 0.443. The van der Waals surface area contributed by atoms with Crippen LogP contribution in [0.1, 0.15) is 4.88 Å². The van der Waals surface area contributed by atoms with Gasteiger partial charge in [-0.2, -0.15) is 0 Å². The van der Waals surface area contributed by atoms with Crippen molar-refractivity contribution in [2.75, 3.05) is 24.2 Å². The minimum Gasteiger partial charge on any atom is -0.368 e. The Labute approximate surface area is 98.5 Å². The van der Waals surface area contributed by atoms with Crippen molar-refractivity contribution in [1.29, 1.82) is 0 Å². The van der Waals surface area contributed by atoms with Crippen molar-refractivity contribution in [2.45, 2.75) is 6.42 Å². The van der Waals surface area contributed by atoms with Gasteiger partial charge in [-0.1, -0.05) is 6.07 Å². The van der Waals surface area contributed by atoms with Gasteiger partial charge in [0.05, 0.1) is 0 Å². The summed E-state index contributed by atoms with van der Waals surface area (Å²) in [7, 11) is 3.86. The van der Waals surface area contributed by atoms with Gasteiger partial charge >= 0.3 is 0 Å². The Balaban J connectivity index is 1.98. The van der Waals surface area contributed by atoms with E-state index in [-0.39, 0.29) is 0 Å². The second kappa shape index (κ2) is 4.52. The summed E-state index contributed by atoms with van der Waals surface area (Å²) in [4.78, 5) is 3.44. The van der Waals surface area contributed by atoms with Gasteiger partial charge in [0.1, 0.15) is 0 Å². The molecule has 0 spiro atoms. The highest BCUT2D eigenvalue weighted by atomic mass is 32.1. The summed E-state index contributed by atoms with van der Waals surface area (Å²) in [5.74, 6) is 1.24. The first-order valence-corrected chi connectivity index (χ1v) is 5.95. The normalized spacial score (nSPS) is 10.6. The molecule has 2 aromatic rings. The fourth-order valence-corrected chi connectivity index (χ4v) is 2.20. The summed E-state index contributed by atoms with van der Waals surface area (Å²) in [5.41, 5.74) is 5.63. The van der Waals surface area contributed by atoms with E-state index in [0.29, 0.717) is 5.95 Å². The molecule has 0 saturated carbocycles. The van der Waals surface area contributed by atoms with Crippen LogP contribution in [0.2, 0.25) is 0 Å². The van der Waals surface area contributed by atoms with Crippen LogP contribution < -0.4 is 10.6 Å². The monoisotopic (exact) mass is 237 g/mol. The van der Waals surface area contributed by atoms with Crippen molar-refractivity contribution in [2.24, 2.45) is 7.05 Å². The molecule has 0 amide bonds. The molecule has 2 rings (SSSR count). The Morgan fingerprint density at radius 2 is 2.31 bits per heavy atom. The fourth-order valence-electron chi connectivity index (χ4n) is 1.50. The zero-order chi connectivity index (χ0) is 11.5. The number of rotatable bonds is 4.